The van der Waals surface area contributed by atoms with Crippen molar-refractivity contribution in [3.63, 3.8) is 0 Å². The average Bonchev–Trinajstić information content (AvgIpc) is 2.57. The third kappa shape index (κ3) is 3.29. The molecule has 104 valence electrons. The van der Waals surface area contributed by atoms with Crippen LogP contribution in [0.4, 0.5) is 5.69 Å². The van der Waals surface area contributed by atoms with Crippen LogP contribution in [0.25, 0.3) is 11.1 Å². The van der Waals surface area contributed by atoms with E-state index in [1.54, 1.807) is 0 Å². The van der Waals surface area contributed by atoms with Gasteiger partial charge in [0.05, 0.1) is 0 Å². The number of rotatable bonds is 4. The van der Waals surface area contributed by atoms with Gasteiger partial charge in [0.2, 0.25) is 0 Å². The Morgan fingerprint density at radius 3 is 2.00 bits per heavy atom. The standard InChI is InChI=1S/C19H19N2/c1-20-19-9-7-16(8-10-19)15-21-13-11-18(12-14-21)17-5-3-2-4-6-17/h2-14,20H,15H2,1H3/q+1. The predicted molar refractivity (Wildman–Crippen MR) is 87.2 cm³/mol. The summed E-state index contributed by atoms with van der Waals surface area (Å²) >= 11 is 0. The molecule has 0 amide bonds. The van der Waals surface area contributed by atoms with E-state index in [0.717, 1.165) is 12.2 Å². The molecule has 1 aromatic heterocycles. The van der Waals surface area contributed by atoms with Gasteiger partial charge in [0.15, 0.2) is 18.9 Å². The summed E-state index contributed by atoms with van der Waals surface area (Å²) in [6.45, 7) is 0.888. The molecule has 0 atom stereocenters. The summed E-state index contributed by atoms with van der Waals surface area (Å²) in [5.74, 6) is 0. The fourth-order valence-corrected chi connectivity index (χ4v) is 2.37. The zero-order valence-electron chi connectivity index (χ0n) is 12.2. The van der Waals surface area contributed by atoms with E-state index < -0.39 is 0 Å². The molecule has 0 aliphatic rings. The molecule has 3 aromatic rings. The van der Waals surface area contributed by atoms with Crippen molar-refractivity contribution in [1.29, 1.82) is 0 Å². The smallest absolute Gasteiger partial charge is 0.173 e. The molecule has 1 heterocycles. The largest absolute Gasteiger partial charge is 0.388 e. The van der Waals surface area contributed by atoms with Gasteiger partial charge in [0.1, 0.15) is 0 Å². The van der Waals surface area contributed by atoms with Crippen LogP contribution in [0, 0.1) is 0 Å². The van der Waals surface area contributed by atoms with E-state index in [4.69, 9.17) is 0 Å². The van der Waals surface area contributed by atoms with E-state index in [1.807, 2.05) is 13.1 Å². The van der Waals surface area contributed by atoms with Gasteiger partial charge in [0, 0.05) is 30.4 Å². The molecule has 2 nitrogen and oxygen atoms in total. The lowest BCUT2D eigenvalue weighted by molar-refractivity contribution is -0.688. The highest BCUT2D eigenvalue weighted by Gasteiger charge is 2.04. The van der Waals surface area contributed by atoms with E-state index in [9.17, 15) is 0 Å². The fourth-order valence-electron chi connectivity index (χ4n) is 2.37. The number of anilines is 1. The minimum atomic E-state index is 0.888. The van der Waals surface area contributed by atoms with Crippen molar-refractivity contribution in [2.75, 3.05) is 12.4 Å². The van der Waals surface area contributed by atoms with Gasteiger partial charge in [-0.1, -0.05) is 42.5 Å². The SMILES string of the molecule is CNc1ccc(C[n+]2ccc(-c3ccccc3)cc2)cc1. The van der Waals surface area contributed by atoms with Gasteiger partial charge in [-0.2, -0.15) is 0 Å². The van der Waals surface area contributed by atoms with Crippen LogP contribution < -0.4 is 9.88 Å². The van der Waals surface area contributed by atoms with Gasteiger partial charge in [0.25, 0.3) is 0 Å². The van der Waals surface area contributed by atoms with Gasteiger partial charge in [-0.05, 0) is 23.3 Å². The Morgan fingerprint density at radius 1 is 0.762 bits per heavy atom. The maximum atomic E-state index is 3.14. The third-order valence-electron chi connectivity index (χ3n) is 3.61. The van der Waals surface area contributed by atoms with Crippen molar-refractivity contribution in [2.24, 2.45) is 0 Å². The summed E-state index contributed by atoms with van der Waals surface area (Å²) in [6.07, 6.45) is 4.27. The Kier molecular flexibility index (Phi) is 3.97. The van der Waals surface area contributed by atoms with E-state index >= 15 is 0 Å². The van der Waals surface area contributed by atoms with Crippen molar-refractivity contribution >= 4 is 5.69 Å². The van der Waals surface area contributed by atoms with Gasteiger partial charge >= 0.3 is 0 Å². The van der Waals surface area contributed by atoms with Gasteiger partial charge in [-0.15, -0.1) is 0 Å². The number of nitrogens with one attached hydrogen (secondary N) is 1. The summed E-state index contributed by atoms with van der Waals surface area (Å²) in [6, 6.07) is 23.3. The summed E-state index contributed by atoms with van der Waals surface area (Å²) < 4.78 is 2.20. The summed E-state index contributed by atoms with van der Waals surface area (Å²) in [4.78, 5) is 0. The lowest BCUT2D eigenvalue weighted by atomic mass is 10.1. The molecule has 2 aromatic carbocycles. The number of aromatic nitrogens is 1. The first-order valence-corrected chi connectivity index (χ1v) is 7.16. The maximum absolute atomic E-state index is 3.14. The molecule has 0 saturated carbocycles. The van der Waals surface area contributed by atoms with E-state index in [1.165, 1.54) is 16.7 Å². The zero-order valence-corrected chi connectivity index (χ0v) is 12.2. The number of pyridine rings is 1. The van der Waals surface area contributed by atoms with Crippen LogP contribution in [0.1, 0.15) is 5.56 Å². The van der Waals surface area contributed by atoms with E-state index in [2.05, 4.69) is 82.9 Å². The zero-order chi connectivity index (χ0) is 14.5. The van der Waals surface area contributed by atoms with Crippen molar-refractivity contribution in [3.8, 4) is 11.1 Å². The van der Waals surface area contributed by atoms with Crippen LogP contribution in [0.2, 0.25) is 0 Å². The van der Waals surface area contributed by atoms with Crippen LogP contribution in [-0.4, -0.2) is 7.05 Å². The number of hydrogen-bond acceptors (Lipinski definition) is 1. The first-order valence-electron chi connectivity index (χ1n) is 7.16. The van der Waals surface area contributed by atoms with Crippen molar-refractivity contribution < 1.29 is 4.57 Å². The van der Waals surface area contributed by atoms with Gasteiger partial charge in [-0.25, -0.2) is 4.57 Å². The van der Waals surface area contributed by atoms with Gasteiger partial charge in [-0.3, -0.25) is 0 Å². The Balaban J connectivity index is 1.75. The van der Waals surface area contributed by atoms with Crippen LogP contribution in [-0.2, 0) is 6.54 Å². The van der Waals surface area contributed by atoms with E-state index in [-0.39, 0.29) is 0 Å². The molecule has 0 saturated heterocycles. The highest BCUT2D eigenvalue weighted by Crippen LogP contribution is 2.16. The highest BCUT2D eigenvalue weighted by atomic mass is 14.9. The van der Waals surface area contributed by atoms with Crippen molar-refractivity contribution in [1.82, 2.24) is 0 Å². The number of hydrogen-bond donors (Lipinski definition) is 1. The predicted octanol–water partition coefficient (Wildman–Crippen LogP) is 3.73. The molecule has 0 aliphatic heterocycles. The monoisotopic (exact) mass is 275 g/mol. The summed E-state index contributed by atoms with van der Waals surface area (Å²) in [5, 5.41) is 3.14. The van der Waals surface area contributed by atoms with Crippen molar-refractivity contribution in [3.05, 3.63) is 84.7 Å². The minimum absolute atomic E-state index is 0.888. The fraction of sp³-hybridized carbons (Fsp3) is 0.105. The second kappa shape index (κ2) is 6.23. The lowest BCUT2D eigenvalue weighted by Gasteiger charge is -2.03. The Morgan fingerprint density at radius 2 is 1.38 bits per heavy atom. The number of benzene rings is 2. The summed E-state index contributed by atoms with van der Waals surface area (Å²) in [5.41, 5.74) is 4.94. The molecule has 0 fully saturated rings. The van der Waals surface area contributed by atoms with Crippen LogP contribution in [0.15, 0.2) is 79.1 Å². The highest BCUT2D eigenvalue weighted by molar-refractivity contribution is 5.61. The average molecular weight is 275 g/mol. The topological polar surface area (TPSA) is 15.9 Å². The first-order chi connectivity index (χ1) is 10.3. The third-order valence-corrected chi connectivity index (χ3v) is 3.61. The lowest BCUT2D eigenvalue weighted by Crippen LogP contribution is -2.32. The Bertz CT molecular complexity index is 686. The molecule has 0 aliphatic carbocycles. The second-order valence-electron chi connectivity index (χ2n) is 5.07. The first kappa shape index (κ1) is 13.4. The Hall–Kier alpha value is -2.61. The Labute approximate surface area is 125 Å². The molecular formula is C19H19N2+. The minimum Gasteiger partial charge on any atom is -0.388 e. The second-order valence-corrected chi connectivity index (χ2v) is 5.07. The van der Waals surface area contributed by atoms with E-state index in [0.29, 0.717) is 0 Å². The summed E-state index contributed by atoms with van der Waals surface area (Å²) in [7, 11) is 1.94. The quantitative estimate of drug-likeness (QED) is 0.717. The molecule has 21 heavy (non-hydrogen) atoms. The van der Waals surface area contributed by atoms with Crippen LogP contribution >= 0.6 is 0 Å². The molecule has 0 radical (unpaired) electrons. The normalized spacial score (nSPS) is 10.3. The molecule has 0 unspecified atom stereocenters. The van der Waals surface area contributed by atoms with Crippen molar-refractivity contribution in [2.45, 2.75) is 6.54 Å². The molecule has 2 heteroatoms. The molecular weight excluding hydrogens is 256 g/mol. The molecule has 0 spiro atoms. The maximum Gasteiger partial charge on any atom is 0.173 e. The van der Waals surface area contributed by atoms with Gasteiger partial charge < -0.3 is 5.32 Å². The molecule has 0 bridgehead atoms. The van der Waals surface area contributed by atoms with Crippen LogP contribution in [0.3, 0.4) is 0 Å². The number of nitrogens with zero attached hydrogens (tertiary/aromatic N) is 1. The molecule has 3 rings (SSSR count). The van der Waals surface area contributed by atoms with Crippen LogP contribution in [0.5, 0.6) is 0 Å². The molecule has 1 N–H and O–H groups in total.